The summed E-state index contributed by atoms with van der Waals surface area (Å²) in [5.41, 5.74) is 0. The van der Waals surface area contributed by atoms with E-state index in [2.05, 4.69) is 19.2 Å². The van der Waals surface area contributed by atoms with Crippen LogP contribution in [-0.2, 0) is 16.6 Å². The average Bonchev–Trinajstić information content (AvgIpc) is 2.81. The number of unbranched alkanes of at least 4 members (excludes halogenated alkanes) is 1. The predicted molar refractivity (Wildman–Crippen MR) is 75.1 cm³/mol. The van der Waals surface area contributed by atoms with Crippen molar-refractivity contribution in [3.05, 3.63) is 17.9 Å². The van der Waals surface area contributed by atoms with E-state index in [0.717, 1.165) is 19.3 Å². The van der Waals surface area contributed by atoms with Gasteiger partial charge < -0.3 is 9.73 Å². The molecule has 5 nitrogen and oxygen atoms in total. The predicted octanol–water partition coefficient (Wildman–Crippen LogP) is 2.38. The second-order valence-corrected chi connectivity index (χ2v) is 6.27. The van der Waals surface area contributed by atoms with E-state index in [4.69, 9.17) is 9.56 Å². The first-order valence-corrected chi connectivity index (χ1v) is 8.36. The van der Waals surface area contributed by atoms with Crippen LogP contribution in [0.1, 0.15) is 51.7 Å². The Labute approximate surface area is 115 Å². The zero-order valence-electron chi connectivity index (χ0n) is 11.7. The van der Waals surface area contributed by atoms with Gasteiger partial charge in [0.05, 0.1) is 6.54 Å². The monoisotopic (exact) mass is 288 g/mol. The summed E-state index contributed by atoms with van der Waals surface area (Å²) in [5.74, 6) is 0.599. The Morgan fingerprint density at radius 1 is 1.26 bits per heavy atom. The number of furan rings is 1. The van der Waals surface area contributed by atoms with Crippen LogP contribution in [0.25, 0.3) is 0 Å². The summed E-state index contributed by atoms with van der Waals surface area (Å²) in [6.07, 6.45) is 5.74. The van der Waals surface area contributed by atoms with Gasteiger partial charge in [-0.25, -0.2) is 13.6 Å². The average molecular weight is 288 g/mol. The van der Waals surface area contributed by atoms with Gasteiger partial charge in [-0.2, -0.15) is 0 Å². The Morgan fingerprint density at radius 2 is 2.00 bits per heavy atom. The molecule has 0 saturated carbocycles. The van der Waals surface area contributed by atoms with Gasteiger partial charge in [-0.05, 0) is 25.0 Å². The summed E-state index contributed by atoms with van der Waals surface area (Å²) < 4.78 is 27.4. The van der Waals surface area contributed by atoms with Crippen molar-refractivity contribution in [2.75, 3.05) is 0 Å². The molecule has 1 unspecified atom stereocenters. The first kappa shape index (κ1) is 16.2. The third kappa shape index (κ3) is 5.76. The Hall–Kier alpha value is -0.850. The molecular formula is C13H24N2O3S. The molecule has 0 aliphatic rings. The van der Waals surface area contributed by atoms with Crippen LogP contribution in [0.3, 0.4) is 0 Å². The lowest BCUT2D eigenvalue weighted by molar-refractivity contribution is 0.371. The molecule has 6 heteroatoms. The molecule has 1 aromatic heterocycles. The van der Waals surface area contributed by atoms with Gasteiger partial charge in [-0.1, -0.05) is 33.1 Å². The summed E-state index contributed by atoms with van der Waals surface area (Å²) in [6, 6.07) is 3.50. The lowest BCUT2D eigenvalue weighted by Gasteiger charge is -2.16. The van der Waals surface area contributed by atoms with Crippen LogP contribution in [0, 0.1) is 0 Å². The second-order valence-electron chi connectivity index (χ2n) is 4.77. The van der Waals surface area contributed by atoms with E-state index in [9.17, 15) is 8.42 Å². The molecule has 110 valence electrons. The first-order chi connectivity index (χ1) is 8.97. The molecule has 1 heterocycles. The molecule has 19 heavy (non-hydrogen) atoms. The first-order valence-electron chi connectivity index (χ1n) is 6.82. The maximum atomic E-state index is 11.1. The zero-order valence-corrected chi connectivity index (χ0v) is 12.5. The molecule has 0 saturated heterocycles. The van der Waals surface area contributed by atoms with Gasteiger partial charge in [0.1, 0.15) is 5.76 Å². The van der Waals surface area contributed by atoms with E-state index >= 15 is 0 Å². The summed E-state index contributed by atoms with van der Waals surface area (Å²) in [4.78, 5) is 0. The highest BCUT2D eigenvalue weighted by Crippen LogP contribution is 2.13. The Morgan fingerprint density at radius 3 is 2.53 bits per heavy atom. The van der Waals surface area contributed by atoms with Gasteiger partial charge >= 0.3 is 0 Å². The molecule has 1 aromatic rings. The van der Waals surface area contributed by atoms with Crippen LogP contribution in [-0.4, -0.2) is 14.5 Å². The minimum atomic E-state index is -3.74. The molecular weight excluding hydrogens is 264 g/mol. The van der Waals surface area contributed by atoms with E-state index in [1.807, 2.05) is 0 Å². The molecule has 0 bridgehead atoms. The Balaban J connectivity index is 2.51. The smallest absolute Gasteiger partial charge is 0.271 e. The second kappa shape index (κ2) is 7.67. The van der Waals surface area contributed by atoms with Crippen LogP contribution < -0.4 is 10.5 Å². The largest absolute Gasteiger partial charge is 0.447 e. The third-order valence-electron chi connectivity index (χ3n) is 3.03. The lowest BCUT2D eigenvalue weighted by Crippen LogP contribution is -2.28. The van der Waals surface area contributed by atoms with Crippen molar-refractivity contribution in [3.63, 3.8) is 0 Å². The quantitative estimate of drug-likeness (QED) is 0.730. The minimum Gasteiger partial charge on any atom is -0.447 e. The number of hydrogen-bond donors (Lipinski definition) is 2. The Kier molecular flexibility index (Phi) is 6.54. The molecule has 0 aromatic carbocycles. The summed E-state index contributed by atoms with van der Waals surface area (Å²) >= 11 is 0. The van der Waals surface area contributed by atoms with Crippen molar-refractivity contribution in [1.82, 2.24) is 5.32 Å². The molecule has 0 aliphatic carbocycles. The van der Waals surface area contributed by atoms with E-state index in [1.165, 1.54) is 18.9 Å². The highest BCUT2D eigenvalue weighted by molar-refractivity contribution is 7.89. The van der Waals surface area contributed by atoms with E-state index < -0.39 is 10.0 Å². The normalized spacial score (nSPS) is 13.6. The Bertz CT molecular complexity index is 468. The van der Waals surface area contributed by atoms with Gasteiger partial charge in [0.2, 0.25) is 5.09 Å². The fourth-order valence-corrected chi connectivity index (χ4v) is 2.48. The summed E-state index contributed by atoms with van der Waals surface area (Å²) in [7, 11) is -3.74. The van der Waals surface area contributed by atoms with Gasteiger partial charge in [-0.15, -0.1) is 0 Å². The van der Waals surface area contributed by atoms with E-state index in [1.54, 1.807) is 6.07 Å². The van der Waals surface area contributed by atoms with Crippen LogP contribution >= 0.6 is 0 Å². The van der Waals surface area contributed by atoms with Gasteiger partial charge in [0.15, 0.2) is 0 Å². The topological polar surface area (TPSA) is 85.3 Å². The maximum absolute atomic E-state index is 11.1. The number of hydrogen-bond acceptors (Lipinski definition) is 4. The standard InChI is InChI=1S/C13H24N2O3S/c1-3-5-7-11(6-4-2)15-10-12-8-9-13(18-12)19(14,16)17/h8-9,11,15H,3-7,10H2,1-2H3,(H2,14,16,17). The number of nitrogens with one attached hydrogen (secondary N) is 1. The summed E-state index contributed by atoms with van der Waals surface area (Å²) in [5, 5.41) is 8.23. The third-order valence-corrected chi connectivity index (χ3v) is 3.81. The fourth-order valence-electron chi connectivity index (χ4n) is 2.00. The minimum absolute atomic E-state index is 0.176. The SMILES string of the molecule is CCCCC(CCC)NCc1ccc(S(N)(=O)=O)o1. The van der Waals surface area contributed by atoms with Crippen LogP contribution in [0.4, 0.5) is 0 Å². The van der Waals surface area contributed by atoms with Crippen molar-refractivity contribution < 1.29 is 12.8 Å². The number of sulfonamides is 1. The molecule has 1 atom stereocenters. The van der Waals surface area contributed by atoms with Crippen LogP contribution in [0.2, 0.25) is 0 Å². The maximum Gasteiger partial charge on any atom is 0.271 e. The zero-order chi connectivity index (χ0) is 14.3. The van der Waals surface area contributed by atoms with Crippen molar-refractivity contribution >= 4 is 10.0 Å². The van der Waals surface area contributed by atoms with E-state index in [0.29, 0.717) is 18.3 Å². The van der Waals surface area contributed by atoms with Crippen LogP contribution in [0.15, 0.2) is 21.6 Å². The van der Waals surface area contributed by atoms with Crippen LogP contribution in [0.5, 0.6) is 0 Å². The van der Waals surface area contributed by atoms with Gasteiger partial charge in [0.25, 0.3) is 10.0 Å². The molecule has 0 aliphatic heterocycles. The van der Waals surface area contributed by atoms with Gasteiger partial charge in [0, 0.05) is 6.04 Å². The highest BCUT2D eigenvalue weighted by atomic mass is 32.2. The molecule has 0 amide bonds. The van der Waals surface area contributed by atoms with Crippen molar-refractivity contribution in [2.24, 2.45) is 5.14 Å². The molecule has 3 N–H and O–H groups in total. The van der Waals surface area contributed by atoms with Gasteiger partial charge in [-0.3, -0.25) is 0 Å². The summed E-state index contributed by atoms with van der Waals surface area (Å²) in [6.45, 7) is 4.87. The lowest BCUT2D eigenvalue weighted by atomic mass is 10.1. The van der Waals surface area contributed by atoms with Crippen molar-refractivity contribution in [3.8, 4) is 0 Å². The number of rotatable bonds is 9. The van der Waals surface area contributed by atoms with E-state index in [-0.39, 0.29) is 5.09 Å². The molecule has 0 radical (unpaired) electrons. The van der Waals surface area contributed by atoms with Crippen molar-refractivity contribution in [1.29, 1.82) is 0 Å². The highest BCUT2D eigenvalue weighted by Gasteiger charge is 2.14. The fraction of sp³-hybridized carbons (Fsp3) is 0.692. The number of nitrogens with two attached hydrogens (primary N) is 1. The molecule has 1 rings (SSSR count). The van der Waals surface area contributed by atoms with Crippen molar-refractivity contribution in [2.45, 2.75) is 63.6 Å². The molecule has 0 spiro atoms. The number of primary sulfonamides is 1. The molecule has 0 fully saturated rings.